The molecular weight excluding hydrogens is 480 g/mol. The Morgan fingerprint density at radius 3 is 2.42 bits per heavy atom. The molecule has 9 heteroatoms. The number of hydrogen-bond donors (Lipinski definition) is 2. The highest BCUT2D eigenvalue weighted by Gasteiger charge is 2.43. The zero-order chi connectivity index (χ0) is 22.7. The summed E-state index contributed by atoms with van der Waals surface area (Å²) < 4.78 is 0.842. The molecule has 1 atom stereocenters. The normalized spacial score (nSPS) is 15.9. The number of thiocarbonyl (C=S) groups is 1. The number of aryl methyl sites for hydroxylation is 2. The van der Waals surface area contributed by atoms with Crippen molar-refractivity contribution in [2.75, 3.05) is 11.9 Å². The van der Waals surface area contributed by atoms with Crippen molar-refractivity contribution in [1.29, 1.82) is 0 Å². The maximum Gasteiger partial charge on any atom is 0.269 e. The number of nitrogens with one attached hydrogen (secondary N) is 2. The molecule has 0 spiro atoms. The summed E-state index contributed by atoms with van der Waals surface area (Å²) in [7, 11) is 0. The van der Waals surface area contributed by atoms with Crippen LogP contribution in [-0.4, -0.2) is 45.3 Å². The average Bonchev–Trinajstić information content (AvgIpc) is 2.94. The van der Waals surface area contributed by atoms with Gasteiger partial charge in [-0.05, 0) is 68.9 Å². The van der Waals surface area contributed by atoms with Gasteiger partial charge in [-0.1, -0.05) is 33.6 Å². The van der Waals surface area contributed by atoms with Crippen molar-refractivity contribution in [1.82, 2.24) is 15.3 Å². The van der Waals surface area contributed by atoms with Crippen LogP contribution in [0.5, 0.6) is 0 Å². The third-order valence-electron chi connectivity index (χ3n) is 4.98. The zero-order valence-electron chi connectivity index (χ0n) is 17.4. The topological polar surface area (TPSA) is 81.8 Å². The van der Waals surface area contributed by atoms with Crippen LogP contribution < -0.4 is 10.7 Å². The quantitative estimate of drug-likeness (QED) is 0.590. The van der Waals surface area contributed by atoms with Crippen molar-refractivity contribution in [3.8, 4) is 0 Å². The number of likely N-dealkylation sites (N-methyl/N-ethyl adjacent to an activating group) is 1. The van der Waals surface area contributed by atoms with Gasteiger partial charge in [0.25, 0.3) is 11.8 Å². The van der Waals surface area contributed by atoms with E-state index < -0.39 is 11.9 Å². The Balaban J connectivity index is 1.77. The fourth-order valence-corrected chi connectivity index (χ4v) is 4.01. The van der Waals surface area contributed by atoms with Gasteiger partial charge in [0.2, 0.25) is 5.91 Å². The SMILES string of the molecule is CCN1C(=O)C(CC(=O)Nc2ccc(C)cc2C)N(NC(=O)c2ccc(Br)cc2)C1=S. The van der Waals surface area contributed by atoms with Gasteiger partial charge in [0.05, 0.1) is 6.42 Å². The molecule has 0 radical (unpaired) electrons. The van der Waals surface area contributed by atoms with Crippen LogP contribution in [0.25, 0.3) is 0 Å². The first-order chi connectivity index (χ1) is 14.7. The second-order valence-corrected chi connectivity index (χ2v) is 8.55. The number of benzene rings is 2. The monoisotopic (exact) mass is 502 g/mol. The Bertz CT molecular complexity index is 1040. The number of rotatable bonds is 6. The first-order valence-electron chi connectivity index (χ1n) is 9.79. The molecule has 1 heterocycles. The molecule has 3 rings (SSSR count). The lowest BCUT2D eigenvalue weighted by Gasteiger charge is -2.24. The molecule has 31 heavy (non-hydrogen) atoms. The molecule has 1 unspecified atom stereocenters. The molecule has 162 valence electrons. The number of nitrogens with zero attached hydrogens (tertiary/aromatic N) is 2. The summed E-state index contributed by atoms with van der Waals surface area (Å²) in [5, 5.41) is 4.33. The summed E-state index contributed by atoms with van der Waals surface area (Å²) in [6.07, 6.45) is -0.149. The van der Waals surface area contributed by atoms with Gasteiger partial charge in [-0.15, -0.1) is 0 Å². The first-order valence-corrected chi connectivity index (χ1v) is 11.0. The summed E-state index contributed by atoms with van der Waals surface area (Å²) in [5.74, 6) is -1.08. The van der Waals surface area contributed by atoms with Gasteiger partial charge in [-0.3, -0.25) is 24.7 Å². The summed E-state index contributed by atoms with van der Waals surface area (Å²) in [5.41, 5.74) is 5.80. The van der Waals surface area contributed by atoms with Crippen molar-refractivity contribution in [2.45, 2.75) is 33.2 Å². The Labute approximate surface area is 194 Å². The van der Waals surface area contributed by atoms with Gasteiger partial charge >= 0.3 is 0 Å². The van der Waals surface area contributed by atoms with Crippen LogP contribution >= 0.6 is 28.1 Å². The molecular formula is C22H23BrN4O3S. The second-order valence-electron chi connectivity index (χ2n) is 7.27. The number of carbonyl (C=O) groups is 3. The predicted octanol–water partition coefficient (Wildman–Crippen LogP) is 3.56. The highest BCUT2D eigenvalue weighted by Crippen LogP contribution is 2.21. The molecule has 1 aliphatic rings. The highest BCUT2D eigenvalue weighted by molar-refractivity contribution is 9.10. The minimum atomic E-state index is -0.919. The van der Waals surface area contributed by atoms with E-state index in [1.54, 1.807) is 31.2 Å². The van der Waals surface area contributed by atoms with E-state index in [2.05, 4.69) is 26.7 Å². The van der Waals surface area contributed by atoms with E-state index in [9.17, 15) is 14.4 Å². The maximum atomic E-state index is 12.9. The maximum absolute atomic E-state index is 12.9. The summed E-state index contributed by atoms with van der Waals surface area (Å²) >= 11 is 8.73. The lowest BCUT2D eigenvalue weighted by molar-refractivity contribution is -0.130. The van der Waals surface area contributed by atoms with E-state index in [0.717, 1.165) is 15.6 Å². The molecule has 2 aromatic rings. The largest absolute Gasteiger partial charge is 0.326 e. The number of hydrogen-bond acceptors (Lipinski definition) is 4. The molecule has 3 amide bonds. The molecule has 0 aliphatic carbocycles. The average molecular weight is 503 g/mol. The van der Waals surface area contributed by atoms with Crippen molar-refractivity contribution < 1.29 is 14.4 Å². The summed E-state index contributed by atoms with van der Waals surface area (Å²) in [6.45, 7) is 6.01. The Morgan fingerprint density at radius 1 is 1.13 bits per heavy atom. The third-order valence-corrected chi connectivity index (χ3v) is 5.92. The van der Waals surface area contributed by atoms with Crippen LogP contribution in [0.4, 0.5) is 5.69 Å². The molecule has 1 aliphatic heterocycles. The standard InChI is InChI=1S/C22H23BrN4O3S/c1-4-26-21(30)18(12-19(28)24-17-10-5-13(2)11-14(17)3)27(22(26)31)25-20(29)15-6-8-16(23)9-7-15/h5-11,18H,4,12H2,1-3H3,(H,24,28)(H,25,29). The van der Waals surface area contributed by atoms with Crippen molar-refractivity contribution in [3.63, 3.8) is 0 Å². The van der Waals surface area contributed by atoms with Crippen LogP contribution in [0, 0.1) is 13.8 Å². The summed E-state index contributed by atoms with van der Waals surface area (Å²) in [6, 6.07) is 11.6. The number of carbonyl (C=O) groups excluding carboxylic acids is 3. The fourth-order valence-electron chi connectivity index (χ4n) is 3.35. The van der Waals surface area contributed by atoms with Gasteiger partial charge < -0.3 is 5.32 Å². The van der Waals surface area contributed by atoms with E-state index in [-0.39, 0.29) is 23.3 Å². The Hall–Kier alpha value is -2.78. The van der Waals surface area contributed by atoms with Crippen LogP contribution in [0.2, 0.25) is 0 Å². The fraction of sp³-hybridized carbons (Fsp3) is 0.273. The van der Waals surface area contributed by atoms with Crippen LogP contribution in [0.15, 0.2) is 46.9 Å². The van der Waals surface area contributed by atoms with E-state index in [1.807, 2.05) is 32.0 Å². The number of hydrazine groups is 1. The van der Waals surface area contributed by atoms with Gasteiger partial charge in [0.15, 0.2) is 5.11 Å². The summed E-state index contributed by atoms with van der Waals surface area (Å²) in [4.78, 5) is 39.7. The molecule has 2 N–H and O–H groups in total. The number of anilines is 1. The van der Waals surface area contributed by atoms with E-state index in [1.165, 1.54) is 9.91 Å². The van der Waals surface area contributed by atoms with Gasteiger partial charge in [0.1, 0.15) is 6.04 Å². The van der Waals surface area contributed by atoms with Crippen molar-refractivity contribution in [3.05, 3.63) is 63.6 Å². The van der Waals surface area contributed by atoms with Crippen LogP contribution in [-0.2, 0) is 9.59 Å². The molecule has 0 bridgehead atoms. The zero-order valence-corrected chi connectivity index (χ0v) is 19.8. The third kappa shape index (κ3) is 5.11. The molecule has 1 saturated heterocycles. The Morgan fingerprint density at radius 2 is 1.81 bits per heavy atom. The van der Waals surface area contributed by atoms with E-state index in [0.29, 0.717) is 17.8 Å². The second kappa shape index (κ2) is 9.57. The molecule has 1 fully saturated rings. The molecule has 2 aromatic carbocycles. The van der Waals surface area contributed by atoms with Crippen molar-refractivity contribution >= 4 is 56.7 Å². The van der Waals surface area contributed by atoms with E-state index in [4.69, 9.17) is 12.2 Å². The van der Waals surface area contributed by atoms with E-state index >= 15 is 0 Å². The number of halogens is 1. The lowest BCUT2D eigenvalue weighted by Crippen LogP contribution is -2.49. The Kier molecular flexibility index (Phi) is 7.07. The highest BCUT2D eigenvalue weighted by atomic mass is 79.9. The van der Waals surface area contributed by atoms with Crippen molar-refractivity contribution in [2.24, 2.45) is 0 Å². The van der Waals surface area contributed by atoms with Crippen LogP contribution in [0.1, 0.15) is 34.8 Å². The van der Waals surface area contributed by atoms with Gasteiger partial charge in [0, 0.05) is 22.3 Å². The minimum Gasteiger partial charge on any atom is -0.326 e. The molecule has 0 saturated carbocycles. The minimum absolute atomic E-state index is 0.149. The smallest absolute Gasteiger partial charge is 0.269 e. The number of amides is 3. The van der Waals surface area contributed by atoms with Crippen LogP contribution in [0.3, 0.4) is 0 Å². The first kappa shape index (κ1) is 22.9. The lowest BCUT2D eigenvalue weighted by atomic mass is 10.1. The van der Waals surface area contributed by atoms with Gasteiger partial charge in [-0.2, -0.15) is 0 Å². The predicted molar refractivity (Wildman–Crippen MR) is 126 cm³/mol. The van der Waals surface area contributed by atoms with Gasteiger partial charge in [-0.25, -0.2) is 5.01 Å². The molecule has 7 nitrogen and oxygen atoms in total. The molecule has 0 aromatic heterocycles.